The van der Waals surface area contributed by atoms with Crippen LogP contribution in [0.5, 0.6) is 0 Å². The minimum atomic E-state index is -0.515. The number of benzene rings is 2. The molecule has 136 valence electrons. The number of hydrogen-bond acceptors (Lipinski definition) is 3. The molecule has 0 aromatic heterocycles. The molecule has 0 bridgehead atoms. The number of thiocarbonyl (C=S) groups is 1. The van der Waals surface area contributed by atoms with Crippen LogP contribution in [0, 0.1) is 0 Å². The van der Waals surface area contributed by atoms with E-state index < -0.39 is 5.91 Å². The van der Waals surface area contributed by atoms with Crippen molar-refractivity contribution in [2.75, 3.05) is 0 Å². The van der Waals surface area contributed by atoms with Crippen molar-refractivity contribution < 1.29 is 9.59 Å². The number of halogens is 3. The normalized spacial score (nSPS) is 10.1. The van der Waals surface area contributed by atoms with E-state index in [-0.39, 0.29) is 28.0 Å². The number of hydrazine groups is 1. The first kappa shape index (κ1) is 20.5. The van der Waals surface area contributed by atoms with Crippen molar-refractivity contribution in [1.82, 2.24) is 16.2 Å². The molecule has 2 amide bonds. The maximum Gasteiger partial charge on any atom is 0.271 e. The van der Waals surface area contributed by atoms with Gasteiger partial charge in [-0.1, -0.05) is 53.0 Å². The molecule has 5 nitrogen and oxygen atoms in total. The van der Waals surface area contributed by atoms with Crippen molar-refractivity contribution in [2.24, 2.45) is 0 Å². The second-order valence-electron chi connectivity index (χ2n) is 5.17. The van der Waals surface area contributed by atoms with E-state index in [9.17, 15) is 9.59 Å². The van der Waals surface area contributed by atoms with Crippen LogP contribution in [0.2, 0.25) is 15.1 Å². The van der Waals surface area contributed by atoms with Gasteiger partial charge in [0.2, 0.25) is 5.91 Å². The molecule has 0 unspecified atom stereocenters. The zero-order valence-electron chi connectivity index (χ0n) is 13.3. The molecular formula is C17H14Cl3N3O2S. The van der Waals surface area contributed by atoms with Crippen LogP contribution in [0.25, 0.3) is 0 Å². The summed E-state index contributed by atoms with van der Waals surface area (Å²) in [7, 11) is 0. The fourth-order valence-electron chi connectivity index (χ4n) is 2.02. The molecule has 0 saturated carbocycles. The largest absolute Gasteiger partial charge is 0.302 e. The Morgan fingerprint density at radius 1 is 0.962 bits per heavy atom. The zero-order valence-corrected chi connectivity index (χ0v) is 16.4. The molecule has 0 fully saturated rings. The third kappa shape index (κ3) is 6.14. The number of rotatable bonds is 4. The van der Waals surface area contributed by atoms with E-state index in [1.54, 1.807) is 6.07 Å². The van der Waals surface area contributed by atoms with Crippen LogP contribution in [0.3, 0.4) is 0 Å². The summed E-state index contributed by atoms with van der Waals surface area (Å²) < 4.78 is 0. The van der Waals surface area contributed by atoms with Crippen molar-refractivity contribution in [3.8, 4) is 0 Å². The molecule has 26 heavy (non-hydrogen) atoms. The summed E-state index contributed by atoms with van der Waals surface area (Å²) in [6, 6.07) is 11.8. The predicted octanol–water partition coefficient (Wildman–Crippen LogP) is 3.92. The molecule has 0 saturated heterocycles. The van der Waals surface area contributed by atoms with Gasteiger partial charge >= 0.3 is 0 Å². The number of carbonyl (C=O) groups excluding carboxylic acids is 2. The second-order valence-corrected chi connectivity index (χ2v) is 6.83. The smallest absolute Gasteiger partial charge is 0.271 e. The van der Waals surface area contributed by atoms with Gasteiger partial charge in [0.05, 0.1) is 10.6 Å². The first-order chi connectivity index (χ1) is 12.4. The van der Waals surface area contributed by atoms with Crippen molar-refractivity contribution >= 4 is 63.9 Å². The molecule has 3 N–H and O–H groups in total. The van der Waals surface area contributed by atoms with E-state index in [0.717, 1.165) is 5.56 Å². The van der Waals surface area contributed by atoms with Crippen LogP contribution in [-0.2, 0) is 11.2 Å². The minimum absolute atomic E-state index is 0.0346. The van der Waals surface area contributed by atoms with Gasteiger partial charge in [-0.2, -0.15) is 0 Å². The number of nitrogens with one attached hydrogen (secondary N) is 3. The average molecular weight is 431 g/mol. The van der Waals surface area contributed by atoms with Crippen molar-refractivity contribution in [3.05, 3.63) is 68.7 Å². The van der Waals surface area contributed by atoms with Crippen LogP contribution in [0.15, 0.2) is 42.5 Å². The molecule has 0 heterocycles. The fraction of sp³-hybridized carbons (Fsp3) is 0.118. The summed E-state index contributed by atoms with van der Waals surface area (Å²) in [5.74, 6) is -0.819. The van der Waals surface area contributed by atoms with Crippen molar-refractivity contribution in [2.45, 2.75) is 12.8 Å². The Bertz CT molecular complexity index is 846. The van der Waals surface area contributed by atoms with Crippen molar-refractivity contribution in [1.29, 1.82) is 0 Å². The topological polar surface area (TPSA) is 70.2 Å². The second kappa shape index (κ2) is 9.73. The van der Waals surface area contributed by atoms with Crippen LogP contribution >= 0.6 is 47.0 Å². The van der Waals surface area contributed by atoms with Crippen LogP contribution in [0.1, 0.15) is 22.3 Å². The lowest BCUT2D eigenvalue weighted by molar-refractivity contribution is -0.119. The first-order valence-electron chi connectivity index (χ1n) is 7.45. The highest BCUT2D eigenvalue weighted by Gasteiger charge is 2.12. The Morgan fingerprint density at radius 3 is 2.38 bits per heavy atom. The van der Waals surface area contributed by atoms with E-state index in [1.807, 2.05) is 18.2 Å². The third-order valence-electron chi connectivity index (χ3n) is 3.30. The lowest BCUT2D eigenvalue weighted by atomic mass is 10.1. The van der Waals surface area contributed by atoms with Crippen LogP contribution < -0.4 is 16.2 Å². The molecule has 2 aromatic rings. The summed E-state index contributed by atoms with van der Waals surface area (Å²) in [5, 5.41) is 3.66. The Morgan fingerprint density at radius 2 is 1.69 bits per heavy atom. The van der Waals surface area contributed by atoms with Gasteiger partial charge in [0.15, 0.2) is 5.11 Å². The molecule has 9 heteroatoms. The predicted molar refractivity (Wildman–Crippen MR) is 108 cm³/mol. The molecule has 0 atom stereocenters. The maximum absolute atomic E-state index is 12.0. The van der Waals surface area contributed by atoms with Gasteiger partial charge < -0.3 is 5.32 Å². The van der Waals surface area contributed by atoms with Gasteiger partial charge in [-0.05, 0) is 48.5 Å². The number of aryl methyl sites for hydroxylation is 1. The highest BCUT2D eigenvalue weighted by atomic mass is 35.5. The van der Waals surface area contributed by atoms with Gasteiger partial charge in [0, 0.05) is 16.5 Å². The molecule has 0 radical (unpaired) electrons. The van der Waals surface area contributed by atoms with E-state index >= 15 is 0 Å². The number of carbonyl (C=O) groups is 2. The Kier molecular flexibility index (Phi) is 7.66. The molecular weight excluding hydrogens is 417 g/mol. The SMILES string of the molecule is O=C(CCc1ccccc1Cl)NC(=S)NNC(=O)c1ccc(Cl)cc1Cl. The highest BCUT2D eigenvalue weighted by Crippen LogP contribution is 2.20. The van der Waals surface area contributed by atoms with E-state index in [1.165, 1.54) is 18.2 Å². The lowest BCUT2D eigenvalue weighted by Gasteiger charge is -2.11. The number of amides is 2. The van der Waals surface area contributed by atoms with Crippen LogP contribution in [-0.4, -0.2) is 16.9 Å². The van der Waals surface area contributed by atoms with Gasteiger partial charge in [-0.3, -0.25) is 20.4 Å². The highest BCUT2D eigenvalue weighted by molar-refractivity contribution is 7.80. The fourth-order valence-corrected chi connectivity index (χ4v) is 2.91. The third-order valence-corrected chi connectivity index (χ3v) is 4.42. The molecule has 0 aliphatic heterocycles. The quantitative estimate of drug-likeness (QED) is 0.508. The summed E-state index contributed by atoms with van der Waals surface area (Å²) in [6.07, 6.45) is 0.670. The minimum Gasteiger partial charge on any atom is -0.302 e. The lowest BCUT2D eigenvalue weighted by Crippen LogP contribution is -2.48. The summed E-state index contributed by atoms with van der Waals surface area (Å²) in [6.45, 7) is 0. The first-order valence-corrected chi connectivity index (χ1v) is 8.99. The van der Waals surface area contributed by atoms with Gasteiger partial charge in [0.25, 0.3) is 5.91 Å². The molecule has 2 rings (SSSR count). The molecule has 0 aliphatic carbocycles. The van der Waals surface area contributed by atoms with Gasteiger partial charge in [-0.15, -0.1) is 0 Å². The van der Waals surface area contributed by atoms with Gasteiger partial charge in [0.1, 0.15) is 0 Å². The molecule has 2 aromatic carbocycles. The van der Waals surface area contributed by atoms with Crippen molar-refractivity contribution in [3.63, 3.8) is 0 Å². The Balaban J connectivity index is 1.78. The summed E-state index contributed by atoms with van der Waals surface area (Å²) >= 11 is 22.7. The number of hydrogen-bond donors (Lipinski definition) is 3. The molecule has 0 aliphatic rings. The summed E-state index contributed by atoms with van der Waals surface area (Å²) in [5.41, 5.74) is 5.89. The maximum atomic E-state index is 12.0. The van der Waals surface area contributed by atoms with E-state index in [0.29, 0.717) is 16.5 Å². The van der Waals surface area contributed by atoms with E-state index in [2.05, 4.69) is 16.2 Å². The Hall–Kier alpha value is -1.86. The Labute approximate surface area is 171 Å². The van der Waals surface area contributed by atoms with Gasteiger partial charge in [-0.25, -0.2) is 0 Å². The zero-order chi connectivity index (χ0) is 19.1. The monoisotopic (exact) mass is 429 g/mol. The average Bonchev–Trinajstić information content (AvgIpc) is 2.59. The standard InChI is InChI=1S/C17H14Cl3N3O2S/c18-11-6-7-12(14(20)9-11)16(25)22-23-17(26)21-15(24)8-5-10-3-1-2-4-13(10)19/h1-4,6-7,9H,5,8H2,(H,22,25)(H2,21,23,24,26). The van der Waals surface area contributed by atoms with Crippen LogP contribution in [0.4, 0.5) is 0 Å². The summed E-state index contributed by atoms with van der Waals surface area (Å²) in [4.78, 5) is 23.9. The molecule has 0 spiro atoms. The van der Waals surface area contributed by atoms with E-state index in [4.69, 9.17) is 47.0 Å².